The monoisotopic (exact) mass is 274 g/mol. The number of nitro groups is 1. The summed E-state index contributed by atoms with van der Waals surface area (Å²) in [4.78, 5) is 21.3. The van der Waals surface area contributed by atoms with Gasteiger partial charge in [0, 0.05) is 11.8 Å². The molecule has 0 aromatic heterocycles. The van der Waals surface area contributed by atoms with E-state index in [-0.39, 0.29) is 11.3 Å². The lowest BCUT2D eigenvalue weighted by atomic mass is 10.1. The second-order valence-electron chi connectivity index (χ2n) is 3.35. The molecule has 8 nitrogen and oxygen atoms in total. The summed E-state index contributed by atoms with van der Waals surface area (Å²) in [7, 11) is -2.46. The highest BCUT2D eigenvalue weighted by Gasteiger charge is 2.21. The Balaban J connectivity index is 3.30. The van der Waals surface area contributed by atoms with Crippen LogP contribution in [0, 0.1) is 10.1 Å². The SMILES string of the molecule is COC(=O)c1cc(NS(C)(=O)=O)ccc1[N+](=O)[O-]. The van der Waals surface area contributed by atoms with Gasteiger partial charge in [0.15, 0.2) is 0 Å². The standard InChI is InChI=1S/C9H10N2O6S/c1-17-9(12)7-5-6(10-18(2,15)16)3-4-8(7)11(13)14/h3-5,10H,1-2H3. The predicted octanol–water partition coefficient (Wildman–Crippen LogP) is 0.753. The molecule has 0 saturated heterocycles. The number of benzene rings is 1. The second-order valence-corrected chi connectivity index (χ2v) is 5.10. The van der Waals surface area contributed by atoms with Crippen LogP contribution in [0.1, 0.15) is 10.4 Å². The number of nitrogens with one attached hydrogen (secondary N) is 1. The highest BCUT2D eigenvalue weighted by molar-refractivity contribution is 7.92. The molecule has 0 unspecified atom stereocenters. The number of hydrogen-bond acceptors (Lipinski definition) is 6. The molecule has 0 heterocycles. The van der Waals surface area contributed by atoms with Crippen molar-refractivity contribution in [1.82, 2.24) is 0 Å². The minimum Gasteiger partial charge on any atom is -0.465 e. The summed E-state index contributed by atoms with van der Waals surface area (Å²) in [5, 5.41) is 10.7. The highest BCUT2D eigenvalue weighted by Crippen LogP contribution is 2.23. The molecule has 98 valence electrons. The number of carbonyl (C=O) groups is 1. The van der Waals surface area contributed by atoms with E-state index in [1.54, 1.807) is 0 Å². The molecule has 9 heteroatoms. The average molecular weight is 274 g/mol. The Hall–Kier alpha value is -2.16. The van der Waals surface area contributed by atoms with Gasteiger partial charge in [-0.3, -0.25) is 14.8 Å². The number of hydrogen-bond donors (Lipinski definition) is 1. The van der Waals surface area contributed by atoms with Gasteiger partial charge in [-0.15, -0.1) is 0 Å². The fourth-order valence-corrected chi connectivity index (χ4v) is 1.80. The number of nitrogens with zero attached hydrogens (tertiary/aromatic N) is 1. The maximum absolute atomic E-state index is 11.4. The maximum atomic E-state index is 11.4. The van der Waals surface area contributed by atoms with Crippen LogP contribution in [0.15, 0.2) is 18.2 Å². The third kappa shape index (κ3) is 3.42. The van der Waals surface area contributed by atoms with E-state index < -0.39 is 26.6 Å². The maximum Gasteiger partial charge on any atom is 0.344 e. The van der Waals surface area contributed by atoms with Crippen LogP contribution in [-0.2, 0) is 14.8 Å². The lowest BCUT2D eigenvalue weighted by Gasteiger charge is -2.06. The highest BCUT2D eigenvalue weighted by atomic mass is 32.2. The summed E-state index contributed by atoms with van der Waals surface area (Å²) in [6.07, 6.45) is 0.923. The summed E-state index contributed by atoms with van der Waals surface area (Å²) in [6, 6.07) is 3.26. The molecule has 1 aromatic carbocycles. The van der Waals surface area contributed by atoms with Crippen molar-refractivity contribution >= 4 is 27.4 Å². The van der Waals surface area contributed by atoms with Crippen LogP contribution in [0.4, 0.5) is 11.4 Å². The normalized spacial score (nSPS) is 10.8. The summed E-state index contributed by atoms with van der Waals surface area (Å²) in [5.74, 6) is -0.918. The molecule has 18 heavy (non-hydrogen) atoms. The molecule has 1 rings (SSSR count). The molecule has 0 bridgehead atoms. The third-order valence-electron chi connectivity index (χ3n) is 1.90. The molecule has 0 aliphatic heterocycles. The number of carbonyl (C=O) groups excluding carboxylic acids is 1. The van der Waals surface area contributed by atoms with Gasteiger partial charge in [0.25, 0.3) is 5.69 Å². The number of rotatable bonds is 4. The Kier molecular flexibility index (Phi) is 3.86. The summed E-state index contributed by atoms with van der Waals surface area (Å²) >= 11 is 0. The largest absolute Gasteiger partial charge is 0.465 e. The van der Waals surface area contributed by atoms with Crippen molar-refractivity contribution in [2.45, 2.75) is 0 Å². The van der Waals surface area contributed by atoms with Crippen molar-refractivity contribution in [2.24, 2.45) is 0 Å². The number of nitro benzene ring substituents is 1. The molecule has 0 spiro atoms. The van der Waals surface area contributed by atoms with Gasteiger partial charge >= 0.3 is 5.97 Å². The van der Waals surface area contributed by atoms with E-state index in [9.17, 15) is 23.3 Å². The first-order valence-electron chi connectivity index (χ1n) is 4.59. The molecule has 0 aliphatic carbocycles. The fourth-order valence-electron chi connectivity index (χ4n) is 1.25. The summed E-state index contributed by atoms with van der Waals surface area (Å²) in [6.45, 7) is 0. The van der Waals surface area contributed by atoms with Crippen molar-refractivity contribution < 1.29 is 22.9 Å². The first kappa shape index (κ1) is 13.9. The molecule has 0 aliphatic rings. The molecular formula is C9H10N2O6S. The van der Waals surface area contributed by atoms with Gasteiger partial charge in [-0.25, -0.2) is 13.2 Å². The smallest absolute Gasteiger partial charge is 0.344 e. The zero-order valence-electron chi connectivity index (χ0n) is 9.54. The molecular weight excluding hydrogens is 264 g/mol. The molecule has 0 saturated carbocycles. The quantitative estimate of drug-likeness (QED) is 0.492. The molecule has 1 aromatic rings. The topological polar surface area (TPSA) is 116 Å². The van der Waals surface area contributed by atoms with E-state index in [2.05, 4.69) is 9.46 Å². The summed E-state index contributed by atoms with van der Waals surface area (Å²) < 4.78 is 28.5. The molecule has 0 fully saturated rings. The van der Waals surface area contributed by atoms with E-state index in [0.29, 0.717) is 0 Å². The van der Waals surface area contributed by atoms with E-state index >= 15 is 0 Å². The van der Waals surface area contributed by atoms with Crippen LogP contribution < -0.4 is 4.72 Å². The first-order chi connectivity index (χ1) is 8.24. The Morgan fingerprint density at radius 2 is 2.06 bits per heavy atom. The molecule has 0 radical (unpaired) electrons. The van der Waals surface area contributed by atoms with Crippen molar-refractivity contribution in [3.8, 4) is 0 Å². The molecule has 0 atom stereocenters. The summed E-state index contributed by atoms with van der Waals surface area (Å²) in [5.41, 5.74) is -0.736. The van der Waals surface area contributed by atoms with Gasteiger partial charge in [-0.05, 0) is 12.1 Å². The van der Waals surface area contributed by atoms with E-state index in [1.165, 1.54) is 6.07 Å². The number of anilines is 1. The minimum absolute atomic E-state index is 0.0449. The Bertz CT molecular complexity index is 595. The van der Waals surface area contributed by atoms with Crippen LogP contribution in [0.25, 0.3) is 0 Å². The van der Waals surface area contributed by atoms with E-state index in [0.717, 1.165) is 25.5 Å². The zero-order chi connectivity index (χ0) is 13.9. The Morgan fingerprint density at radius 1 is 1.44 bits per heavy atom. The first-order valence-corrected chi connectivity index (χ1v) is 6.48. The van der Waals surface area contributed by atoms with Crippen LogP contribution >= 0.6 is 0 Å². The minimum atomic E-state index is -3.53. The van der Waals surface area contributed by atoms with Crippen molar-refractivity contribution in [3.63, 3.8) is 0 Å². The number of sulfonamides is 1. The van der Waals surface area contributed by atoms with Crippen LogP contribution in [0.5, 0.6) is 0 Å². The van der Waals surface area contributed by atoms with Gasteiger partial charge in [0.1, 0.15) is 5.56 Å². The zero-order valence-corrected chi connectivity index (χ0v) is 10.4. The molecule has 0 amide bonds. The molecule has 1 N–H and O–H groups in total. The van der Waals surface area contributed by atoms with Gasteiger partial charge in [-0.2, -0.15) is 0 Å². The number of methoxy groups -OCH3 is 1. The predicted molar refractivity (Wildman–Crippen MR) is 62.9 cm³/mol. The number of esters is 1. The lowest BCUT2D eigenvalue weighted by Crippen LogP contribution is -2.11. The second kappa shape index (κ2) is 5.00. The van der Waals surface area contributed by atoms with Crippen molar-refractivity contribution in [3.05, 3.63) is 33.9 Å². The fraction of sp³-hybridized carbons (Fsp3) is 0.222. The van der Waals surface area contributed by atoms with Crippen LogP contribution in [-0.4, -0.2) is 32.7 Å². The Morgan fingerprint density at radius 3 is 2.50 bits per heavy atom. The number of ether oxygens (including phenoxy) is 1. The van der Waals surface area contributed by atoms with Crippen LogP contribution in [0.2, 0.25) is 0 Å². The average Bonchev–Trinajstić information content (AvgIpc) is 2.25. The van der Waals surface area contributed by atoms with E-state index in [4.69, 9.17) is 0 Å². The van der Waals surface area contributed by atoms with Crippen molar-refractivity contribution in [1.29, 1.82) is 0 Å². The van der Waals surface area contributed by atoms with Crippen molar-refractivity contribution in [2.75, 3.05) is 18.1 Å². The Labute approximate surface area is 103 Å². The third-order valence-corrected chi connectivity index (χ3v) is 2.51. The lowest BCUT2D eigenvalue weighted by molar-refractivity contribution is -0.385. The van der Waals surface area contributed by atoms with E-state index in [1.807, 2.05) is 0 Å². The van der Waals surface area contributed by atoms with Crippen LogP contribution in [0.3, 0.4) is 0 Å². The van der Waals surface area contributed by atoms with Gasteiger partial charge in [0.2, 0.25) is 10.0 Å². The van der Waals surface area contributed by atoms with Gasteiger partial charge in [-0.1, -0.05) is 0 Å². The van der Waals surface area contributed by atoms with Gasteiger partial charge in [0.05, 0.1) is 18.3 Å². The van der Waals surface area contributed by atoms with Gasteiger partial charge < -0.3 is 4.74 Å².